The van der Waals surface area contributed by atoms with Gasteiger partial charge in [0, 0.05) is 11.3 Å². The number of hydrogen-bond donors (Lipinski definition) is 2. The van der Waals surface area contributed by atoms with Gasteiger partial charge in [0.15, 0.2) is 0 Å². The molecule has 0 spiro atoms. The summed E-state index contributed by atoms with van der Waals surface area (Å²) in [7, 11) is 3.20. The summed E-state index contributed by atoms with van der Waals surface area (Å²) in [6, 6.07) is 14.3. The number of benzene rings is 2. The number of carbonyl (C=O) groups excluding carboxylic acids is 1. The Morgan fingerprint density at radius 1 is 1.05 bits per heavy atom. The molecule has 116 valence electrons. The van der Waals surface area contributed by atoms with Crippen molar-refractivity contribution in [2.45, 2.75) is 13.0 Å². The van der Waals surface area contributed by atoms with Crippen LogP contribution in [0.4, 0.5) is 10.5 Å². The number of anilines is 1. The number of methoxy groups -OCH3 is 2. The lowest BCUT2D eigenvalue weighted by Crippen LogP contribution is -2.31. The third-order valence-electron chi connectivity index (χ3n) is 3.28. The number of nitrogens with one attached hydrogen (secondary N) is 2. The second-order valence-corrected chi connectivity index (χ2v) is 4.79. The Bertz CT molecular complexity index is 629. The Morgan fingerprint density at radius 3 is 2.41 bits per heavy atom. The minimum Gasteiger partial charge on any atom is -0.497 e. The lowest BCUT2D eigenvalue weighted by atomic mass is 10.1. The summed E-state index contributed by atoms with van der Waals surface area (Å²) >= 11 is 0. The third kappa shape index (κ3) is 3.91. The predicted octanol–water partition coefficient (Wildman–Crippen LogP) is 3.59. The van der Waals surface area contributed by atoms with E-state index in [2.05, 4.69) is 10.6 Å². The van der Waals surface area contributed by atoms with Crippen LogP contribution in [0.15, 0.2) is 48.5 Å². The highest BCUT2D eigenvalue weighted by atomic mass is 16.5. The molecule has 2 amide bonds. The number of ether oxygens (including phenoxy) is 2. The van der Waals surface area contributed by atoms with Crippen molar-refractivity contribution in [1.82, 2.24) is 5.32 Å². The molecule has 5 heteroatoms. The summed E-state index contributed by atoms with van der Waals surface area (Å²) < 4.78 is 10.6. The highest BCUT2D eigenvalue weighted by molar-refractivity contribution is 5.89. The van der Waals surface area contributed by atoms with Gasteiger partial charge in [-0.2, -0.15) is 0 Å². The monoisotopic (exact) mass is 300 g/mol. The molecule has 22 heavy (non-hydrogen) atoms. The van der Waals surface area contributed by atoms with Crippen LogP contribution in [0, 0.1) is 0 Å². The van der Waals surface area contributed by atoms with Gasteiger partial charge < -0.3 is 20.1 Å². The molecule has 0 aromatic heterocycles. The first-order valence-electron chi connectivity index (χ1n) is 6.98. The van der Waals surface area contributed by atoms with E-state index >= 15 is 0 Å². The molecule has 0 bridgehead atoms. The zero-order chi connectivity index (χ0) is 15.9. The van der Waals surface area contributed by atoms with Crippen molar-refractivity contribution in [3.63, 3.8) is 0 Å². The van der Waals surface area contributed by atoms with Crippen molar-refractivity contribution >= 4 is 11.7 Å². The van der Waals surface area contributed by atoms with Gasteiger partial charge in [-0.1, -0.05) is 18.2 Å². The second-order valence-electron chi connectivity index (χ2n) is 4.79. The van der Waals surface area contributed by atoms with Crippen molar-refractivity contribution in [3.05, 3.63) is 54.1 Å². The van der Waals surface area contributed by atoms with E-state index < -0.39 is 0 Å². The van der Waals surface area contributed by atoms with Crippen LogP contribution < -0.4 is 20.1 Å². The molecule has 0 saturated carbocycles. The quantitative estimate of drug-likeness (QED) is 0.887. The van der Waals surface area contributed by atoms with Crippen LogP contribution in [0.3, 0.4) is 0 Å². The van der Waals surface area contributed by atoms with Gasteiger partial charge in [0.25, 0.3) is 0 Å². The molecule has 0 unspecified atom stereocenters. The molecule has 0 aliphatic heterocycles. The van der Waals surface area contributed by atoms with Gasteiger partial charge in [0.05, 0.1) is 20.3 Å². The third-order valence-corrected chi connectivity index (χ3v) is 3.28. The average molecular weight is 300 g/mol. The first-order valence-corrected chi connectivity index (χ1v) is 6.98. The normalized spacial score (nSPS) is 11.4. The zero-order valence-electron chi connectivity index (χ0n) is 12.9. The molecule has 0 aliphatic carbocycles. The SMILES string of the molecule is COc1ccc(OC)c([C@@H](C)NC(=O)Nc2ccccc2)c1. The highest BCUT2D eigenvalue weighted by Gasteiger charge is 2.15. The molecule has 1 atom stereocenters. The van der Waals surface area contributed by atoms with E-state index in [1.54, 1.807) is 14.2 Å². The molecule has 0 saturated heterocycles. The van der Waals surface area contributed by atoms with Crippen molar-refractivity contribution in [3.8, 4) is 11.5 Å². The van der Waals surface area contributed by atoms with E-state index in [1.807, 2.05) is 55.5 Å². The van der Waals surface area contributed by atoms with Gasteiger partial charge in [-0.15, -0.1) is 0 Å². The summed E-state index contributed by atoms with van der Waals surface area (Å²) in [5.41, 5.74) is 1.59. The minimum atomic E-state index is -0.274. The Balaban J connectivity index is 2.08. The lowest BCUT2D eigenvalue weighted by molar-refractivity contribution is 0.249. The van der Waals surface area contributed by atoms with E-state index in [9.17, 15) is 4.79 Å². The van der Waals surface area contributed by atoms with Crippen LogP contribution in [0.5, 0.6) is 11.5 Å². The van der Waals surface area contributed by atoms with Gasteiger partial charge in [0.2, 0.25) is 0 Å². The fourth-order valence-electron chi connectivity index (χ4n) is 2.14. The van der Waals surface area contributed by atoms with Crippen LogP contribution in [0.25, 0.3) is 0 Å². The maximum absolute atomic E-state index is 12.1. The van der Waals surface area contributed by atoms with Gasteiger partial charge in [-0.3, -0.25) is 0 Å². The van der Waals surface area contributed by atoms with Gasteiger partial charge in [0.1, 0.15) is 11.5 Å². The molecular weight excluding hydrogens is 280 g/mol. The maximum atomic E-state index is 12.1. The van der Waals surface area contributed by atoms with Crippen molar-refractivity contribution < 1.29 is 14.3 Å². The van der Waals surface area contributed by atoms with E-state index in [1.165, 1.54) is 0 Å². The van der Waals surface area contributed by atoms with Crippen LogP contribution in [0.1, 0.15) is 18.5 Å². The van der Waals surface area contributed by atoms with Crippen LogP contribution in [0.2, 0.25) is 0 Å². The summed E-state index contributed by atoms with van der Waals surface area (Å²) in [6.45, 7) is 1.89. The topological polar surface area (TPSA) is 59.6 Å². The lowest BCUT2D eigenvalue weighted by Gasteiger charge is -2.18. The number of carbonyl (C=O) groups is 1. The highest BCUT2D eigenvalue weighted by Crippen LogP contribution is 2.29. The average Bonchev–Trinajstić information content (AvgIpc) is 2.54. The van der Waals surface area contributed by atoms with Gasteiger partial charge in [-0.25, -0.2) is 4.79 Å². The summed E-state index contributed by atoms with van der Waals surface area (Å²) in [5, 5.41) is 5.67. The number of amides is 2. The molecule has 5 nitrogen and oxygen atoms in total. The molecule has 2 rings (SSSR count). The number of para-hydroxylation sites is 1. The molecule has 0 fully saturated rings. The predicted molar refractivity (Wildman–Crippen MR) is 86.6 cm³/mol. The molecule has 0 heterocycles. The maximum Gasteiger partial charge on any atom is 0.319 e. The fraction of sp³-hybridized carbons (Fsp3) is 0.235. The Kier molecular flexibility index (Phi) is 5.25. The first-order chi connectivity index (χ1) is 10.6. The summed E-state index contributed by atoms with van der Waals surface area (Å²) in [6.07, 6.45) is 0. The molecule has 0 aliphatic rings. The van der Waals surface area contributed by atoms with Crippen molar-refractivity contribution in [1.29, 1.82) is 0 Å². The standard InChI is InChI=1S/C17H20N2O3/c1-12(15-11-14(21-2)9-10-16(15)22-3)18-17(20)19-13-7-5-4-6-8-13/h4-12H,1-3H3,(H2,18,19,20)/t12-/m1/s1. The van der Waals surface area contributed by atoms with Crippen LogP contribution >= 0.6 is 0 Å². The first kappa shape index (κ1) is 15.7. The summed E-state index contributed by atoms with van der Waals surface area (Å²) in [5.74, 6) is 1.42. The Hall–Kier alpha value is -2.69. The summed E-state index contributed by atoms with van der Waals surface area (Å²) in [4.78, 5) is 12.1. The molecule has 0 radical (unpaired) electrons. The Morgan fingerprint density at radius 2 is 1.77 bits per heavy atom. The largest absolute Gasteiger partial charge is 0.497 e. The second kappa shape index (κ2) is 7.36. The number of hydrogen-bond acceptors (Lipinski definition) is 3. The smallest absolute Gasteiger partial charge is 0.319 e. The number of rotatable bonds is 5. The van der Waals surface area contributed by atoms with E-state index in [-0.39, 0.29) is 12.1 Å². The van der Waals surface area contributed by atoms with Crippen LogP contribution in [-0.4, -0.2) is 20.3 Å². The zero-order valence-corrected chi connectivity index (χ0v) is 12.9. The molecular formula is C17H20N2O3. The van der Waals surface area contributed by atoms with Crippen molar-refractivity contribution in [2.24, 2.45) is 0 Å². The molecule has 2 aromatic carbocycles. The van der Waals surface area contributed by atoms with Gasteiger partial charge in [-0.05, 0) is 37.3 Å². The number of urea groups is 1. The van der Waals surface area contributed by atoms with E-state index in [4.69, 9.17) is 9.47 Å². The molecule has 2 N–H and O–H groups in total. The van der Waals surface area contributed by atoms with E-state index in [0.29, 0.717) is 11.5 Å². The van der Waals surface area contributed by atoms with Gasteiger partial charge >= 0.3 is 6.03 Å². The van der Waals surface area contributed by atoms with E-state index in [0.717, 1.165) is 11.3 Å². The minimum absolute atomic E-state index is 0.228. The van der Waals surface area contributed by atoms with Crippen LogP contribution in [-0.2, 0) is 0 Å². The Labute approximate surface area is 130 Å². The fourth-order valence-corrected chi connectivity index (χ4v) is 2.14. The van der Waals surface area contributed by atoms with Crippen molar-refractivity contribution in [2.75, 3.05) is 19.5 Å². The molecule has 2 aromatic rings.